The van der Waals surface area contributed by atoms with Gasteiger partial charge in [-0.1, -0.05) is 6.42 Å². The molecule has 1 aliphatic rings. The van der Waals surface area contributed by atoms with E-state index >= 15 is 0 Å². The lowest BCUT2D eigenvalue weighted by Gasteiger charge is -2.24. The first-order valence-corrected chi connectivity index (χ1v) is 5.75. The van der Waals surface area contributed by atoms with Gasteiger partial charge in [-0.15, -0.1) is 0 Å². The number of methoxy groups -OCH3 is 1. The van der Waals surface area contributed by atoms with Gasteiger partial charge in [-0.05, 0) is 18.9 Å². The van der Waals surface area contributed by atoms with Crippen molar-refractivity contribution in [2.24, 2.45) is 5.92 Å². The van der Waals surface area contributed by atoms with Crippen LogP contribution in [0.5, 0.6) is 5.75 Å². The Morgan fingerprint density at radius 2 is 2.22 bits per heavy atom. The van der Waals surface area contributed by atoms with Crippen LogP contribution in [-0.4, -0.2) is 17.9 Å². The van der Waals surface area contributed by atoms with Gasteiger partial charge in [0.25, 0.3) is 5.69 Å². The summed E-state index contributed by atoms with van der Waals surface area (Å²) in [7, 11) is 1.41. The van der Waals surface area contributed by atoms with Crippen LogP contribution >= 0.6 is 0 Å². The van der Waals surface area contributed by atoms with Crippen LogP contribution in [0.15, 0.2) is 18.2 Å². The molecule has 2 rings (SSSR count). The quantitative estimate of drug-likeness (QED) is 0.656. The number of nitrogens with zero attached hydrogens (tertiary/aromatic N) is 1. The van der Waals surface area contributed by atoms with Gasteiger partial charge in [0.1, 0.15) is 5.75 Å². The maximum Gasteiger partial charge on any atom is 0.273 e. The Morgan fingerprint density at radius 3 is 2.72 bits per heavy atom. The Balaban J connectivity index is 2.16. The largest absolute Gasteiger partial charge is 0.494 e. The number of nitro benzene ring substituents is 1. The molecule has 0 unspecified atom stereocenters. The molecular formula is C12H14N2O4. The van der Waals surface area contributed by atoms with Crippen molar-refractivity contribution in [2.45, 2.75) is 19.3 Å². The number of carbonyl (C=O) groups is 1. The number of anilines is 1. The molecule has 1 saturated carbocycles. The normalized spacial score (nSPS) is 14.7. The summed E-state index contributed by atoms with van der Waals surface area (Å²) in [5.74, 6) is 0.315. The molecular weight excluding hydrogens is 236 g/mol. The van der Waals surface area contributed by atoms with E-state index in [1.165, 1.54) is 25.3 Å². The van der Waals surface area contributed by atoms with E-state index in [1.54, 1.807) is 0 Å². The molecule has 0 saturated heterocycles. The smallest absolute Gasteiger partial charge is 0.273 e. The highest BCUT2D eigenvalue weighted by atomic mass is 16.6. The lowest BCUT2D eigenvalue weighted by Crippen LogP contribution is -2.28. The zero-order valence-corrected chi connectivity index (χ0v) is 10.0. The van der Waals surface area contributed by atoms with Crippen LogP contribution in [0.1, 0.15) is 19.3 Å². The maximum absolute atomic E-state index is 11.8. The second-order valence-electron chi connectivity index (χ2n) is 4.26. The van der Waals surface area contributed by atoms with E-state index in [1.807, 2.05) is 0 Å². The highest BCUT2D eigenvalue weighted by molar-refractivity contribution is 5.94. The van der Waals surface area contributed by atoms with Crippen molar-refractivity contribution in [3.8, 4) is 5.75 Å². The number of carbonyl (C=O) groups excluding carboxylic acids is 1. The third kappa shape index (κ3) is 2.42. The first-order valence-electron chi connectivity index (χ1n) is 5.75. The summed E-state index contributed by atoms with van der Waals surface area (Å²) >= 11 is 0. The highest BCUT2D eigenvalue weighted by Gasteiger charge is 2.26. The third-order valence-electron chi connectivity index (χ3n) is 3.13. The standard InChI is InChI=1S/C12H14N2O4/c1-18-11-7-9(14(16)17)5-6-10(11)13-12(15)8-3-2-4-8/h5-8H,2-4H2,1H3,(H,13,15). The molecule has 6 heteroatoms. The SMILES string of the molecule is COc1cc([N+](=O)[O-])ccc1NC(=O)C1CCC1. The lowest BCUT2D eigenvalue weighted by atomic mass is 9.85. The zero-order valence-electron chi connectivity index (χ0n) is 10.0. The number of amides is 1. The summed E-state index contributed by atoms with van der Waals surface area (Å²) < 4.78 is 5.05. The van der Waals surface area contributed by atoms with Gasteiger partial charge in [0.05, 0.1) is 23.8 Å². The summed E-state index contributed by atoms with van der Waals surface area (Å²) in [6.45, 7) is 0. The molecule has 1 aromatic carbocycles. The summed E-state index contributed by atoms with van der Waals surface area (Å²) in [5, 5.41) is 13.4. The fraction of sp³-hybridized carbons (Fsp3) is 0.417. The molecule has 96 valence electrons. The van der Waals surface area contributed by atoms with Crippen molar-refractivity contribution in [1.82, 2.24) is 0 Å². The number of nitrogens with one attached hydrogen (secondary N) is 1. The first kappa shape index (κ1) is 12.3. The Kier molecular flexibility index (Phi) is 3.45. The van der Waals surface area contributed by atoms with Gasteiger partial charge < -0.3 is 10.1 Å². The molecule has 0 aromatic heterocycles. The predicted molar refractivity (Wildman–Crippen MR) is 65.6 cm³/mol. The van der Waals surface area contributed by atoms with Crippen molar-refractivity contribution in [1.29, 1.82) is 0 Å². The van der Waals surface area contributed by atoms with Crippen LogP contribution in [0.2, 0.25) is 0 Å². The minimum absolute atomic E-state index is 0.0478. The first-order chi connectivity index (χ1) is 8.61. The minimum atomic E-state index is -0.500. The van der Waals surface area contributed by atoms with Gasteiger partial charge in [0.15, 0.2) is 0 Å². The number of rotatable bonds is 4. The highest BCUT2D eigenvalue weighted by Crippen LogP contribution is 2.32. The molecule has 0 aliphatic heterocycles. The van der Waals surface area contributed by atoms with Gasteiger partial charge in [-0.3, -0.25) is 14.9 Å². The molecule has 6 nitrogen and oxygen atoms in total. The van der Waals surface area contributed by atoms with Crippen LogP contribution < -0.4 is 10.1 Å². The number of benzene rings is 1. The number of non-ortho nitro benzene ring substituents is 1. The third-order valence-corrected chi connectivity index (χ3v) is 3.13. The lowest BCUT2D eigenvalue weighted by molar-refractivity contribution is -0.384. The Bertz CT molecular complexity index is 483. The van der Waals surface area contributed by atoms with E-state index < -0.39 is 4.92 Å². The van der Waals surface area contributed by atoms with E-state index in [0.29, 0.717) is 11.4 Å². The van der Waals surface area contributed by atoms with E-state index in [9.17, 15) is 14.9 Å². The van der Waals surface area contributed by atoms with Crippen LogP contribution in [-0.2, 0) is 4.79 Å². The van der Waals surface area contributed by atoms with Crippen LogP contribution in [0, 0.1) is 16.0 Å². The van der Waals surface area contributed by atoms with Gasteiger partial charge in [-0.25, -0.2) is 0 Å². The van der Waals surface area contributed by atoms with Crippen molar-refractivity contribution in [2.75, 3.05) is 12.4 Å². The molecule has 1 aromatic rings. The summed E-state index contributed by atoms with van der Waals surface area (Å²) in [4.78, 5) is 21.9. The second kappa shape index (κ2) is 5.03. The van der Waals surface area contributed by atoms with Gasteiger partial charge >= 0.3 is 0 Å². The van der Waals surface area contributed by atoms with Crippen LogP contribution in [0.25, 0.3) is 0 Å². The molecule has 0 spiro atoms. The van der Waals surface area contributed by atoms with Crippen molar-refractivity contribution < 1.29 is 14.5 Å². The van der Waals surface area contributed by atoms with E-state index in [2.05, 4.69) is 5.32 Å². The minimum Gasteiger partial charge on any atom is -0.494 e. The number of hydrogen-bond donors (Lipinski definition) is 1. The molecule has 1 amide bonds. The number of hydrogen-bond acceptors (Lipinski definition) is 4. The Labute approximate surface area is 104 Å². The fourth-order valence-electron chi connectivity index (χ4n) is 1.80. The van der Waals surface area contributed by atoms with Crippen molar-refractivity contribution >= 4 is 17.3 Å². The maximum atomic E-state index is 11.8. The average molecular weight is 250 g/mol. The summed E-state index contributed by atoms with van der Waals surface area (Å²) in [5.41, 5.74) is 0.411. The van der Waals surface area contributed by atoms with E-state index in [0.717, 1.165) is 19.3 Å². The molecule has 0 heterocycles. The average Bonchev–Trinajstić information content (AvgIpc) is 2.26. The van der Waals surface area contributed by atoms with Crippen molar-refractivity contribution in [3.63, 3.8) is 0 Å². The predicted octanol–water partition coefficient (Wildman–Crippen LogP) is 2.34. The van der Waals surface area contributed by atoms with Crippen molar-refractivity contribution in [3.05, 3.63) is 28.3 Å². The molecule has 18 heavy (non-hydrogen) atoms. The number of ether oxygens (including phenoxy) is 1. The fourth-order valence-corrected chi connectivity index (χ4v) is 1.80. The van der Waals surface area contributed by atoms with Crippen LogP contribution in [0.3, 0.4) is 0 Å². The topological polar surface area (TPSA) is 81.5 Å². The molecule has 0 radical (unpaired) electrons. The summed E-state index contributed by atoms with van der Waals surface area (Å²) in [6.07, 6.45) is 2.89. The second-order valence-corrected chi connectivity index (χ2v) is 4.26. The Hall–Kier alpha value is -2.11. The van der Waals surface area contributed by atoms with Gasteiger partial charge in [0, 0.05) is 12.0 Å². The summed E-state index contributed by atoms with van der Waals surface area (Å²) in [6, 6.07) is 4.14. The molecule has 0 bridgehead atoms. The molecule has 1 fully saturated rings. The van der Waals surface area contributed by atoms with Gasteiger partial charge in [-0.2, -0.15) is 0 Å². The monoisotopic (exact) mass is 250 g/mol. The Morgan fingerprint density at radius 1 is 1.50 bits per heavy atom. The van der Waals surface area contributed by atoms with E-state index in [-0.39, 0.29) is 17.5 Å². The van der Waals surface area contributed by atoms with Gasteiger partial charge in [0.2, 0.25) is 5.91 Å². The molecule has 1 aliphatic carbocycles. The zero-order chi connectivity index (χ0) is 13.1. The van der Waals surface area contributed by atoms with Crippen LogP contribution in [0.4, 0.5) is 11.4 Å². The van der Waals surface area contributed by atoms with E-state index in [4.69, 9.17) is 4.74 Å². The molecule has 1 N–H and O–H groups in total. The molecule has 0 atom stereocenters. The number of nitro groups is 1.